The van der Waals surface area contributed by atoms with Crippen molar-refractivity contribution in [1.82, 2.24) is 14.8 Å². The summed E-state index contributed by atoms with van der Waals surface area (Å²) in [6.07, 6.45) is 1.82. The Hall–Kier alpha value is -3.05. The lowest BCUT2D eigenvalue weighted by Crippen LogP contribution is -2.39. The van der Waals surface area contributed by atoms with Crippen LogP contribution in [0.4, 0.5) is 4.39 Å². The number of nitrogens with zero attached hydrogens (tertiary/aromatic N) is 3. The van der Waals surface area contributed by atoms with E-state index in [0.717, 1.165) is 30.9 Å². The summed E-state index contributed by atoms with van der Waals surface area (Å²) in [7, 11) is 0. The molecule has 172 valence electrons. The van der Waals surface area contributed by atoms with Crippen molar-refractivity contribution in [3.05, 3.63) is 102 Å². The zero-order valence-electron chi connectivity index (χ0n) is 19.4. The quantitative estimate of drug-likeness (QED) is 0.476. The SMILES string of the molecule is CC(C)CN(CC1CN(Cc2ccccn2)CC1c1cccc(F)c1)C(=O)c1ccccc1. The van der Waals surface area contributed by atoms with E-state index < -0.39 is 0 Å². The molecule has 1 saturated heterocycles. The summed E-state index contributed by atoms with van der Waals surface area (Å²) in [6.45, 7) is 8.02. The van der Waals surface area contributed by atoms with Crippen molar-refractivity contribution in [2.24, 2.45) is 11.8 Å². The van der Waals surface area contributed by atoms with E-state index >= 15 is 0 Å². The second-order valence-electron chi connectivity index (χ2n) is 9.41. The third-order valence-corrected chi connectivity index (χ3v) is 6.25. The van der Waals surface area contributed by atoms with Crippen molar-refractivity contribution in [2.45, 2.75) is 26.3 Å². The zero-order chi connectivity index (χ0) is 23.2. The van der Waals surface area contributed by atoms with E-state index in [4.69, 9.17) is 0 Å². The van der Waals surface area contributed by atoms with Crippen LogP contribution >= 0.6 is 0 Å². The Balaban J connectivity index is 1.58. The third-order valence-electron chi connectivity index (χ3n) is 6.25. The molecule has 33 heavy (non-hydrogen) atoms. The molecule has 0 saturated carbocycles. The van der Waals surface area contributed by atoms with E-state index in [1.807, 2.05) is 65.7 Å². The molecule has 0 spiro atoms. The van der Waals surface area contributed by atoms with Crippen molar-refractivity contribution in [3.63, 3.8) is 0 Å². The van der Waals surface area contributed by atoms with Gasteiger partial charge in [0, 0.05) is 50.4 Å². The van der Waals surface area contributed by atoms with Gasteiger partial charge in [0.15, 0.2) is 0 Å². The van der Waals surface area contributed by atoms with Gasteiger partial charge in [-0.15, -0.1) is 0 Å². The molecule has 3 aromatic rings. The number of hydrogen-bond acceptors (Lipinski definition) is 3. The molecule has 2 heterocycles. The Labute approximate surface area is 196 Å². The fraction of sp³-hybridized carbons (Fsp3) is 0.357. The molecular formula is C28H32FN3O. The molecule has 1 aliphatic heterocycles. The van der Waals surface area contributed by atoms with E-state index in [0.29, 0.717) is 24.6 Å². The van der Waals surface area contributed by atoms with E-state index in [2.05, 4.69) is 23.7 Å². The number of aromatic nitrogens is 1. The third kappa shape index (κ3) is 6.05. The van der Waals surface area contributed by atoms with Crippen molar-refractivity contribution < 1.29 is 9.18 Å². The highest BCUT2D eigenvalue weighted by molar-refractivity contribution is 5.94. The molecule has 4 rings (SSSR count). The van der Waals surface area contributed by atoms with Crippen LogP contribution in [0.25, 0.3) is 0 Å². The van der Waals surface area contributed by atoms with Crippen LogP contribution in [-0.2, 0) is 6.54 Å². The maximum absolute atomic E-state index is 14.1. The van der Waals surface area contributed by atoms with Crippen LogP contribution in [0.1, 0.15) is 41.4 Å². The fourth-order valence-corrected chi connectivity index (χ4v) is 4.84. The van der Waals surface area contributed by atoms with Crippen molar-refractivity contribution >= 4 is 5.91 Å². The van der Waals surface area contributed by atoms with Gasteiger partial charge < -0.3 is 4.90 Å². The lowest BCUT2D eigenvalue weighted by atomic mass is 9.88. The molecule has 0 bridgehead atoms. The second-order valence-corrected chi connectivity index (χ2v) is 9.41. The number of rotatable bonds is 8. The summed E-state index contributed by atoms with van der Waals surface area (Å²) in [4.78, 5) is 22.2. The number of hydrogen-bond donors (Lipinski definition) is 0. The van der Waals surface area contributed by atoms with Gasteiger partial charge in [-0.05, 0) is 53.8 Å². The van der Waals surface area contributed by atoms with E-state index in [9.17, 15) is 9.18 Å². The molecule has 4 nitrogen and oxygen atoms in total. The van der Waals surface area contributed by atoms with Crippen LogP contribution in [0.15, 0.2) is 79.0 Å². The van der Waals surface area contributed by atoms with Gasteiger partial charge >= 0.3 is 0 Å². The summed E-state index contributed by atoms with van der Waals surface area (Å²) in [6, 6.07) is 22.4. The minimum atomic E-state index is -0.214. The molecule has 0 aliphatic carbocycles. The number of likely N-dealkylation sites (tertiary alicyclic amines) is 1. The van der Waals surface area contributed by atoms with Gasteiger partial charge in [0.2, 0.25) is 0 Å². The highest BCUT2D eigenvalue weighted by Gasteiger charge is 2.36. The van der Waals surface area contributed by atoms with Gasteiger partial charge in [-0.3, -0.25) is 14.7 Å². The molecule has 5 heteroatoms. The Morgan fingerprint density at radius 1 is 1.06 bits per heavy atom. The van der Waals surface area contributed by atoms with Crippen molar-refractivity contribution in [2.75, 3.05) is 26.2 Å². The van der Waals surface area contributed by atoms with Crippen LogP contribution in [0.3, 0.4) is 0 Å². The molecule has 1 aliphatic rings. The minimum Gasteiger partial charge on any atom is -0.338 e. The topological polar surface area (TPSA) is 36.4 Å². The highest BCUT2D eigenvalue weighted by Crippen LogP contribution is 2.34. The van der Waals surface area contributed by atoms with Crippen LogP contribution in [0.2, 0.25) is 0 Å². The maximum atomic E-state index is 14.1. The van der Waals surface area contributed by atoms with E-state index in [1.165, 1.54) is 6.07 Å². The van der Waals surface area contributed by atoms with Gasteiger partial charge in [-0.25, -0.2) is 4.39 Å². The first-order valence-corrected chi connectivity index (χ1v) is 11.7. The Kier molecular flexibility index (Phi) is 7.50. The summed E-state index contributed by atoms with van der Waals surface area (Å²) >= 11 is 0. The van der Waals surface area contributed by atoms with Gasteiger partial charge in [0.1, 0.15) is 5.82 Å². The first-order valence-electron chi connectivity index (χ1n) is 11.7. The molecule has 1 amide bonds. The van der Waals surface area contributed by atoms with Gasteiger partial charge in [-0.2, -0.15) is 0 Å². The second kappa shape index (κ2) is 10.7. The molecule has 2 unspecified atom stereocenters. The zero-order valence-corrected chi connectivity index (χ0v) is 19.4. The monoisotopic (exact) mass is 445 g/mol. The van der Waals surface area contributed by atoms with Gasteiger partial charge in [0.25, 0.3) is 5.91 Å². The smallest absolute Gasteiger partial charge is 0.253 e. The molecule has 1 fully saturated rings. The summed E-state index contributed by atoms with van der Waals surface area (Å²) in [5.41, 5.74) is 2.74. The molecular weight excluding hydrogens is 413 g/mol. The highest BCUT2D eigenvalue weighted by atomic mass is 19.1. The molecule has 0 radical (unpaired) electrons. The number of carbonyl (C=O) groups excluding carboxylic acids is 1. The standard InChI is InChI=1S/C28H32FN3O/c1-21(2)16-32(28(33)22-9-4-3-5-10-22)18-24-17-31(19-26-13-6-7-14-30-26)20-27(24)23-11-8-12-25(29)15-23/h3-15,21,24,27H,16-20H2,1-2H3. The number of carbonyl (C=O) groups is 1. The Morgan fingerprint density at radius 2 is 1.85 bits per heavy atom. The maximum Gasteiger partial charge on any atom is 0.253 e. The summed E-state index contributed by atoms with van der Waals surface area (Å²) < 4.78 is 14.1. The average molecular weight is 446 g/mol. The molecule has 2 atom stereocenters. The number of pyridine rings is 1. The van der Waals surface area contributed by atoms with Crippen molar-refractivity contribution in [3.8, 4) is 0 Å². The predicted octanol–water partition coefficient (Wildman–Crippen LogP) is 5.23. The lowest BCUT2D eigenvalue weighted by molar-refractivity contribution is 0.0703. The number of halogens is 1. The van der Waals surface area contributed by atoms with Crippen molar-refractivity contribution in [1.29, 1.82) is 0 Å². The average Bonchev–Trinajstić information content (AvgIpc) is 3.21. The normalized spacial score (nSPS) is 18.5. The Morgan fingerprint density at radius 3 is 2.55 bits per heavy atom. The summed E-state index contributed by atoms with van der Waals surface area (Å²) in [5.74, 6) is 0.570. The largest absolute Gasteiger partial charge is 0.338 e. The van der Waals surface area contributed by atoms with Crippen LogP contribution in [0.5, 0.6) is 0 Å². The van der Waals surface area contributed by atoms with Crippen LogP contribution in [-0.4, -0.2) is 46.9 Å². The lowest BCUT2D eigenvalue weighted by Gasteiger charge is -2.30. The molecule has 0 N–H and O–H groups in total. The Bertz CT molecular complexity index is 1040. The molecule has 2 aromatic carbocycles. The fourth-order valence-electron chi connectivity index (χ4n) is 4.84. The van der Waals surface area contributed by atoms with E-state index in [1.54, 1.807) is 12.1 Å². The summed E-state index contributed by atoms with van der Waals surface area (Å²) in [5, 5.41) is 0. The van der Waals surface area contributed by atoms with Crippen LogP contribution < -0.4 is 0 Å². The van der Waals surface area contributed by atoms with E-state index in [-0.39, 0.29) is 23.6 Å². The first-order chi connectivity index (χ1) is 16.0. The molecule has 1 aromatic heterocycles. The number of amides is 1. The van der Waals surface area contributed by atoms with Crippen LogP contribution in [0, 0.1) is 17.7 Å². The predicted molar refractivity (Wildman–Crippen MR) is 129 cm³/mol. The first kappa shape index (κ1) is 23.1. The van der Waals surface area contributed by atoms with Gasteiger partial charge in [-0.1, -0.05) is 50.2 Å². The van der Waals surface area contributed by atoms with Gasteiger partial charge in [0.05, 0.1) is 5.69 Å². The minimum absolute atomic E-state index is 0.0606. The number of benzene rings is 2.